The Bertz CT molecular complexity index is 644. The third-order valence-corrected chi connectivity index (χ3v) is 3.97. The van der Waals surface area contributed by atoms with Gasteiger partial charge in [0, 0.05) is 17.1 Å². The lowest BCUT2D eigenvalue weighted by atomic mass is 10.2. The highest BCUT2D eigenvalue weighted by atomic mass is 79.9. The Hall–Kier alpha value is -0.880. The molecule has 2 rings (SSSR count). The number of halogens is 5. The van der Waals surface area contributed by atoms with Crippen LogP contribution in [0.3, 0.4) is 0 Å². The van der Waals surface area contributed by atoms with Crippen molar-refractivity contribution in [1.82, 2.24) is 0 Å². The quantitative estimate of drug-likeness (QED) is 0.732. The summed E-state index contributed by atoms with van der Waals surface area (Å²) in [5.74, 6) is -2.22. The van der Waals surface area contributed by atoms with E-state index in [0.717, 1.165) is 12.1 Å². The maximum absolute atomic E-state index is 13.8. The highest BCUT2D eigenvalue weighted by molar-refractivity contribution is 9.10. The normalized spacial score (nSPS) is 10.7. The number of nitrogens with two attached hydrogens (primary N) is 1. The Labute approximate surface area is 132 Å². The molecule has 0 aliphatic heterocycles. The van der Waals surface area contributed by atoms with Crippen molar-refractivity contribution in [2.45, 2.75) is 6.54 Å². The lowest BCUT2D eigenvalue weighted by Gasteiger charge is -2.11. The zero-order valence-corrected chi connectivity index (χ0v) is 13.0. The van der Waals surface area contributed by atoms with Crippen molar-refractivity contribution in [3.05, 3.63) is 56.0 Å². The van der Waals surface area contributed by atoms with Crippen molar-refractivity contribution in [1.29, 1.82) is 0 Å². The number of rotatable bonds is 3. The molecule has 0 fully saturated rings. The van der Waals surface area contributed by atoms with Crippen LogP contribution in [-0.2, 0) is 6.54 Å². The highest BCUT2D eigenvalue weighted by Crippen LogP contribution is 2.38. The SMILES string of the molecule is NCc1cc(F)c(Oc2cc(Cl)c(Br)cc2Cl)c(F)c1. The van der Waals surface area contributed by atoms with Crippen molar-refractivity contribution in [3.63, 3.8) is 0 Å². The first-order valence-electron chi connectivity index (χ1n) is 5.42. The van der Waals surface area contributed by atoms with Crippen LogP contribution in [0, 0.1) is 11.6 Å². The first-order valence-corrected chi connectivity index (χ1v) is 6.97. The summed E-state index contributed by atoms with van der Waals surface area (Å²) in [5.41, 5.74) is 5.66. The summed E-state index contributed by atoms with van der Waals surface area (Å²) in [5, 5.41) is 0.478. The van der Waals surface area contributed by atoms with E-state index in [0.29, 0.717) is 15.1 Å². The van der Waals surface area contributed by atoms with Gasteiger partial charge in [-0.25, -0.2) is 8.78 Å². The average molecular weight is 383 g/mol. The van der Waals surface area contributed by atoms with E-state index in [-0.39, 0.29) is 17.3 Å². The molecule has 0 spiro atoms. The monoisotopic (exact) mass is 381 g/mol. The zero-order valence-electron chi connectivity index (χ0n) is 9.89. The third kappa shape index (κ3) is 3.23. The smallest absolute Gasteiger partial charge is 0.198 e. The molecular formula is C13H8BrCl2F2NO. The first-order chi connectivity index (χ1) is 9.42. The molecule has 0 aromatic heterocycles. The van der Waals surface area contributed by atoms with E-state index in [2.05, 4.69) is 15.9 Å². The van der Waals surface area contributed by atoms with Gasteiger partial charge in [0.1, 0.15) is 5.75 Å². The lowest BCUT2D eigenvalue weighted by molar-refractivity contribution is 0.406. The number of ether oxygens (including phenoxy) is 1. The van der Waals surface area contributed by atoms with Crippen molar-refractivity contribution < 1.29 is 13.5 Å². The Balaban J connectivity index is 2.42. The average Bonchev–Trinajstić information content (AvgIpc) is 2.39. The van der Waals surface area contributed by atoms with Gasteiger partial charge in [0.2, 0.25) is 0 Å². The van der Waals surface area contributed by atoms with Crippen LogP contribution in [0.5, 0.6) is 11.5 Å². The topological polar surface area (TPSA) is 35.2 Å². The van der Waals surface area contributed by atoms with Gasteiger partial charge in [-0.3, -0.25) is 0 Å². The van der Waals surface area contributed by atoms with E-state index in [4.69, 9.17) is 33.7 Å². The minimum atomic E-state index is -0.861. The second-order valence-electron chi connectivity index (χ2n) is 3.89. The lowest BCUT2D eigenvalue weighted by Crippen LogP contribution is -2.00. The van der Waals surface area contributed by atoms with Gasteiger partial charge in [-0.2, -0.15) is 0 Å². The Kier molecular flexibility index (Phi) is 4.86. The molecule has 20 heavy (non-hydrogen) atoms. The summed E-state index contributed by atoms with van der Waals surface area (Å²) in [7, 11) is 0. The molecule has 2 N–H and O–H groups in total. The van der Waals surface area contributed by atoms with Crippen LogP contribution in [0.15, 0.2) is 28.7 Å². The summed E-state index contributed by atoms with van der Waals surface area (Å²) < 4.78 is 33.3. The van der Waals surface area contributed by atoms with Gasteiger partial charge in [0.25, 0.3) is 0 Å². The standard InChI is InChI=1S/C13H8BrCl2F2NO/c14-7-3-9(16)12(4-8(7)15)20-13-10(17)1-6(5-19)2-11(13)18/h1-4H,5,19H2. The molecule has 0 saturated heterocycles. The van der Waals surface area contributed by atoms with Gasteiger partial charge in [0.05, 0.1) is 10.0 Å². The molecule has 0 amide bonds. The fourth-order valence-corrected chi connectivity index (χ4v) is 2.35. The molecule has 0 atom stereocenters. The van der Waals surface area contributed by atoms with Crippen LogP contribution < -0.4 is 10.5 Å². The Morgan fingerprint density at radius 3 is 2.20 bits per heavy atom. The van der Waals surface area contributed by atoms with Crippen molar-refractivity contribution in [3.8, 4) is 11.5 Å². The fraction of sp³-hybridized carbons (Fsp3) is 0.0769. The maximum atomic E-state index is 13.8. The van der Waals surface area contributed by atoms with E-state index in [9.17, 15) is 8.78 Å². The van der Waals surface area contributed by atoms with Crippen molar-refractivity contribution >= 4 is 39.1 Å². The second-order valence-corrected chi connectivity index (χ2v) is 5.56. The van der Waals surface area contributed by atoms with Crippen molar-refractivity contribution in [2.24, 2.45) is 5.73 Å². The molecule has 0 aliphatic rings. The molecule has 7 heteroatoms. The third-order valence-electron chi connectivity index (χ3n) is 2.48. The van der Waals surface area contributed by atoms with Gasteiger partial charge in [-0.15, -0.1) is 0 Å². The summed E-state index contributed by atoms with van der Waals surface area (Å²) in [6.45, 7) is 0.0268. The first kappa shape index (κ1) is 15.5. The van der Waals surface area contributed by atoms with E-state index in [1.54, 1.807) is 0 Å². The Morgan fingerprint density at radius 2 is 1.65 bits per heavy atom. The molecule has 0 aliphatic carbocycles. The van der Waals surface area contributed by atoms with E-state index < -0.39 is 17.4 Å². The molecule has 2 aromatic carbocycles. The van der Waals surface area contributed by atoms with Crippen LogP contribution in [0.2, 0.25) is 10.0 Å². The zero-order chi connectivity index (χ0) is 14.9. The predicted octanol–water partition coefficient (Wildman–Crippen LogP) is 5.29. The molecule has 106 valence electrons. The largest absolute Gasteiger partial charge is 0.450 e. The van der Waals surface area contributed by atoms with Gasteiger partial charge in [-0.1, -0.05) is 23.2 Å². The minimum Gasteiger partial charge on any atom is -0.450 e. The molecule has 0 unspecified atom stereocenters. The maximum Gasteiger partial charge on any atom is 0.198 e. The molecular weight excluding hydrogens is 375 g/mol. The van der Waals surface area contributed by atoms with Crippen molar-refractivity contribution in [2.75, 3.05) is 0 Å². The molecule has 0 heterocycles. The number of hydrogen-bond donors (Lipinski definition) is 1. The van der Waals surface area contributed by atoms with Gasteiger partial charge in [0.15, 0.2) is 17.4 Å². The molecule has 2 aromatic rings. The van der Waals surface area contributed by atoms with Crippen LogP contribution in [0.1, 0.15) is 5.56 Å². The Morgan fingerprint density at radius 1 is 1.05 bits per heavy atom. The van der Waals surface area contributed by atoms with Crippen LogP contribution in [0.25, 0.3) is 0 Å². The fourth-order valence-electron chi connectivity index (χ4n) is 1.52. The van der Waals surface area contributed by atoms with E-state index >= 15 is 0 Å². The summed E-state index contributed by atoms with van der Waals surface area (Å²) in [4.78, 5) is 0. The van der Waals surface area contributed by atoms with Gasteiger partial charge >= 0.3 is 0 Å². The van der Waals surface area contributed by atoms with E-state index in [1.807, 2.05) is 0 Å². The molecule has 0 saturated carbocycles. The van der Waals surface area contributed by atoms with E-state index in [1.165, 1.54) is 12.1 Å². The predicted molar refractivity (Wildman–Crippen MR) is 78.5 cm³/mol. The minimum absolute atomic E-state index is 0.0268. The van der Waals surface area contributed by atoms with Crippen LogP contribution >= 0.6 is 39.1 Å². The molecule has 0 radical (unpaired) electrons. The summed E-state index contributed by atoms with van der Waals surface area (Å²) in [6, 6.07) is 5.05. The highest BCUT2D eigenvalue weighted by Gasteiger charge is 2.16. The number of hydrogen-bond acceptors (Lipinski definition) is 2. The second kappa shape index (κ2) is 6.26. The summed E-state index contributed by atoms with van der Waals surface area (Å²) in [6.07, 6.45) is 0. The molecule has 0 bridgehead atoms. The van der Waals surface area contributed by atoms with Gasteiger partial charge in [-0.05, 0) is 39.7 Å². The van der Waals surface area contributed by atoms with Crippen LogP contribution in [-0.4, -0.2) is 0 Å². The van der Waals surface area contributed by atoms with Crippen LogP contribution in [0.4, 0.5) is 8.78 Å². The summed E-state index contributed by atoms with van der Waals surface area (Å²) >= 11 is 15.0. The molecule has 2 nitrogen and oxygen atoms in total. The number of benzene rings is 2. The van der Waals surface area contributed by atoms with Gasteiger partial charge < -0.3 is 10.5 Å².